The Morgan fingerprint density at radius 2 is 1.58 bits per heavy atom. The predicted octanol–water partition coefficient (Wildman–Crippen LogP) is 3.10. The SMILES string of the molecule is CC(=O)N(C)c1ccc(NC(=S)NC(=O)c2ccc(C)cc2)cc1. The molecule has 0 radical (unpaired) electrons. The second-order valence-electron chi connectivity index (χ2n) is 5.40. The van der Waals surface area contributed by atoms with Crippen LogP contribution in [0.4, 0.5) is 11.4 Å². The van der Waals surface area contributed by atoms with Crippen LogP contribution >= 0.6 is 12.2 Å². The minimum absolute atomic E-state index is 0.0448. The van der Waals surface area contributed by atoms with Crippen molar-refractivity contribution in [1.29, 1.82) is 0 Å². The number of nitrogens with zero attached hydrogens (tertiary/aromatic N) is 1. The molecule has 0 aromatic heterocycles. The van der Waals surface area contributed by atoms with Crippen LogP contribution in [0.15, 0.2) is 48.5 Å². The highest BCUT2D eigenvalue weighted by molar-refractivity contribution is 7.80. The molecule has 2 rings (SSSR count). The number of nitrogens with one attached hydrogen (secondary N) is 2. The number of rotatable bonds is 3. The molecule has 0 fully saturated rings. The normalized spacial score (nSPS) is 9.96. The largest absolute Gasteiger partial charge is 0.332 e. The van der Waals surface area contributed by atoms with E-state index in [-0.39, 0.29) is 16.9 Å². The molecule has 0 heterocycles. The smallest absolute Gasteiger partial charge is 0.257 e. The van der Waals surface area contributed by atoms with Crippen LogP contribution in [0.25, 0.3) is 0 Å². The third-order valence-corrected chi connectivity index (χ3v) is 3.73. The van der Waals surface area contributed by atoms with E-state index >= 15 is 0 Å². The first-order valence-corrected chi connectivity index (χ1v) is 7.81. The maximum absolute atomic E-state index is 12.1. The first-order chi connectivity index (χ1) is 11.4. The summed E-state index contributed by atoms with van der Waals surface area (Å²) in [6, 6.07) is 14.4. The number of benzene rings is 2. The van der Waals surface area contributed by atoms with E-state index in [1.807, 2.05) is 19.1 Å². The lowest BCUT2D eigenvalue weighted by Crippen LogP contribution is -2.34. The van der Waals surface area contributed by atoms with E-state index in [1.54, 1.807) is 48.3 Å². The monoisotopic (exact) mass is 341 g/mol. The van der Waals surface area contributed by atoms with Gasteiger partial charge < -0.3 is 10.2 Å². The molecule has 0 bridgehead atoms. The molecule has 124 valence electrons. The zero-order chi connectivity index (χ0) is 17.7. The van der Waals surface area contributed by atoms with Crippen molar-refractivity contribution in [3.63, 3.8) is 0 Å². The van der Waals surface area contributed by atoms with E-state index in [0.717, 1.165) is 16.9 Å². The number of hydrogen-bond acceptors (Lipinski definition) is 3. The summed E-state index contributed by atoms with van der Waals surface area (Å²) in [5.41, 5.74) is 3.14. The highest BCUT2D eigenvalue weighted by atomic mass is 32.1. The van der Waals surface area contributed by atoms with Crippen LogP contribution in [-0.4, -0.2) is 24.0 Å². The quantitative estimate of drug-likeness (QED) is 0.842. The van der Waals surface area contributed by atoms with Crippen LogP contribution in [0.1, 0.15) is 22.8 Å². The first kappa shape index (κ1) is 17.6. The van der Waals surface area contributed by atoms with Gasteiger partial charge in [-0.1, -0.05) is 17.7 Å². The van der Waals surface area contributed by atoms with Crippen molar-refractivity contribution in [1.82, 2.24) is 5.32 Å². The lowest BCUT2D eigenvalue weighted by Gasteiger charge is -2.16. The average Bonchev–Trinajstić information content (AvgIpc) is 2.55. The van der Waals surface area contributed by atoms with Gasteiger partial charge in [-0.3, -0.25) is 14.9 Å². The molecule has 5 nitrogen and oxygen atoms in total. The van der Waals surface area contributed by atoms with Gasteiger partial charge in [-0.2, -0.15) is 0 Å². The van der Waals surface area contributed by atoms with E-state index < -0.39 is 0 Å². The Morgan fingerprint density at radius 3 is 2.12 bits per heavy atom. The van der Waals surface area contributed by atoms with Crippen molar-refractivity contribution in [3.8, 4) is 0 Å². The van der Waals surface area contributed by atoms with Crippen LogP contribution in [0.3, 0.4) is 0 Å². The summed E-state index contributed by atoms with van der Waals surface area (Å²) in [7, 11) is 1.71. The van der Waals surface area contributed by atoms with Crippen LogP contribution in [0.5, 0.6) is 0 Å². The molecule has 6 heteroatoms. The summed E-state index contributed by atoms with van der Waals surface area (Å²) in [5.74, 6) is -0.308. The Labute approximate surface area is 146 Å². The van der Waals surface area contributed by atoms with E-state index in [2.05, 4.69) is 10.6 Å². The molecule has 2 amide bonds. The predicted molar refractivity (Wildman–Crippen MR) is 100 cm³/mol. The molecule has 2 aromatic carbocycles. The van der Waals surface area contributed by atoms with E-state index in [1.165, 1.54) is 6.92 Å². The molecule has 2 N–H and O–H groups in total. The Morgan fingerprint density at radius 1 is 1.00 bits per heavy atom. The fraction of sp³-hybridized carbons (Fsp3) is 0.167. The van der Waals surface area contributed by atoms with E-state index in [9.17, 15) is 9.59 Å². The zero-order valence-corrected chi connectivity index (χ0v) is 14.6. The molecule has 0 unspecified atom stereocenters. The maximum atomic E-state index is 12.1. The number of hydrogen-bond donors (Lipinski definition) is 2. The molecule has 2 aromatic rings. The fourth-order valence-corrected chi connectivity index (χ4v) is 2.20. The summed E-state index contributed by atoms with van der Waals surface area (Å²) in [6.45, 7) is 3.46. The molecule has 0 aliphatic carbocycles. The van der Waals surface area contributed by atoms with Crippen LogP contribution in [-0.2, 0) is 4.79 Å². The van der Waals surface area contributed by atoms with Gasteiger partial charge >= 0.3 is 0 Å². The topological polar surface area (TPSA) is 61.4 Å². The lowest BCUT2D eigenvalue weighted by molar-refractivity contribution is -0.116. The second kappa shape index (κ2) is 7.70. The van der Waals surface area contributed by atoms with E-state index in [4.69, 9.17) is 12.2 Å². The zero-order valence-electron chi connectivity index (χ0n) is 13.8. The molecule has 0 aliphatic rings. The van der Waals surface area contributed by atoms with Gasteiger partial charge in [-0.25, -0.2) is 0 Å². The minimum atomic E-state index is -0.263. The number of thiocarbonyl (C=S) groups is 1. The van der Waals surface area contributed by atoms with Gasteiger partial charge in [0.25, 0.3) is 5.91 Å². The van der Waals surface area contributed by atoms with Crippen molar-refractivity contribution in [3.05, 3.63) is 59.7 Å². The van der Waals surface area contributed by atoms with Gasteiger partial charge in [0.05, 0.1) is 0 Å². The average molecular weight is 341 g/mol. The van der Waals surface area contributed by atoms with Gasteiger partial charge in [0.1, 0.15) is 0 Å². The number of amides is 2. The number of carbonyl (C=O) groups excluding carboxylic acids is 2. The molecule has 0 atom stereocenters. The summed E-state index contributed by atoms with van der Waals surface area (Å²) < 4.78 is 0. The maximum Gasteiger partial charge on any atom is 0.257 e. The van der Waals surface area contributed by atoms with Gasteiger partial charge in [0.15, 0.2) is 5.11 Å². The van der Waals surface area contributed by atoms with Crippen molar-refractivity contribution >= 4 is 40.5 Å². The Balaban J connectivity index is 1.95. The molecule has 24 heavy (non-hydrogen) atoms. The van der Waals surface area contributed by atoms with Crippen LogP contribution in [0, 0.1) is 6.92 Å². The third-order valence-electron chi connectivity index (χ3n) is 3.53. The minimum Gasteiger partial charge on any atom is -0.332 e. The molecule has 0 saturated heterocycles. The Kier molecular flexibility index (Phi) is 5.65. The number of aryl methyl sites for hydroxylation is 1. The van der Waals surface area contributed by atoms with Gasteiger partial charge in [0.2, 0.25) is 5.91 Å². The highest BCUT2D eigenvalue weighted by Crippen LogP contribution is 2.17. The molecule has 0 saturated carbocycles. The summed E-state index contributed by atoms with van der Waals surface area (Å²) in [5, 5.41) is 5.80. The van der Waals surface area contributed by atoms with E-state index in [0.29, 0.717) is 5.56 Å². The second-order valence-corrected chi connectivity index (χ2v) is 5.81. The van der Waals surface area contributed by atoms with Gasteiger partial charge in [-0.15, -0.1) is 0 Å². The summed E-state index contributed by atoms with van der Waals surface area (Å²) >= 11 is 5.16. The van der Waals surface area contributed by atoms with Crippen molar-refractivity contribution in [2.45, 2.75) is 13.8 Å². The van der Waals surface area contributed by atoms with Gasteiger partial charge in [0, 0.05) is 30.9 Å². The molecule has 0 spiro atoms. The van der Waals surface area contributed by atoms with Crippen LogP contribution < -0.4 is 15.5 Å². The first-order valence-electron chi connectivity index (χ1n) is 7.40. The molecular weight excluding hydrogens is 322 g/mol. The fourth-order valence-electron chi connectivity index (χ4n) is 1.99. The molecule has 0 aliphatic heterocycles. The standard InChI is InChI=1S/C18H19N3O2S/c1-12-4-6-14(7-5-12)17(23)20-18(24)19-15-8-10-16(11-9-15)21(3)13(2)22/h4-11H,1-3H3,(H2,19,20,23,24). The van der Waals surface area contributed by atoms with Crippen molar-refractivity contribution < 1.29 is 9.59 Å². The third kappa shape index (κ3) is 4.63. The number of carbonyl (C=O) groups is 2. The van der Waals surface area contributed by atoms with Crippen molar-refractivity contribution in [2.24, 2.45) is 0 Å². The van der Waals surface area contributed by atoms with Gasteiger partial charge in [-0.05, 0) is 55.5 Å². The number of anilines is 2. The Bertz CT molecular complexity index is 755. The van der Waals surface area contributed by atoms with Crippen molar-refractivity contribution in [2.75, 3.05) is 17.3 Å². The highest BCUT2D eigenvalue weighted by Gasteiger charge is 2.08. The van der Waals surface area contributed by atoms with Crippen LogP contribution in [0.2, 0.25) is 0 Å². The summed E-state index contributed by atoms with van der Waals surface area (Å²) in [6.07, 6.45) is 0. The summed E-state index contributed by atoms with van der Waals surface area (Å²) in [4.78, 5) is 25.0. The Hall–Kier alpha value is -2.73. The lowest BCUT2D eigenvalue weighted by atomic mass is 10.1. The molecular formula is C18H19N3O2S.